The summed E-state index contributed by atoms with van der Waals surface area (Å²) in [6.45, 7) is 1.88. The molecule has 0 radical (unpaired) electrons. The molecule has 0 amide bonds. The van der Waals surface area contributed by atoms with Crippen LogP contribution in [0.15, 0.2) is 24.4 Å². The van der Waals surface area contributed by atoms with Crippen molar-refractivity contribution in [3.63, 3.8) is 0 Å². The van der Waals surface area contributed by atoms with Gasteiger partial charge in [0.05, 0.1) is 12.6 Å². The molecule has 1 aromatic carbocycles. The highest BCUT2D eigenvalue weighted by Crippen LogP contribution is 2.25. The van der Waals surface area contributed by atoms with Gasteiger partial charge in [-0.05, 0) is 24.6 Å². The highest BCUT2D eigenvalue weighted by atomic mass is 19.1. The minimum atomic E-state index is -0.249. The van der Waals surface area contributed by atoms with Gasteiger partial charge in [0.2, 0.25) is 0 Å². The molecule has 0 aliphatic carbocycles. The molecule has 2 aromatic rings. The molecule has 1 aromatic heterocycles. The molecular weight excluding hydrogens is 181 g/mol. The molecule has 72 valence electrons. The first-order chi connectivity index (χ1) is 6.72. The Morgan fingerprint density at radius 2 is 2.14 bits per heavy atom. The van der Waals surface area contributed by atoms with Crippen LogP contribution < -0.4 is 4.74 Å². The minimum absolute atomic E-state index is 0.249. The summed E-state index contributed by atoms with van der Waals surface area (Å²) in [4.78, 5) is 4.07. The maximum absolute atomic E-state index is 13.3. The van der Waals surface area contributed by atoms with Crippen LogP contribution in [0.3, 0.4) is 0 Å². The number of halogens is 1. The van der Waals surface area contributed by atoms with Crippen molar-refractivity contribution >= 4 is 10.9 Å². The fourth-order valence-corrected chi connectivity index (χ4v) is 1.47. The highest BCUT2D eigenvalue weighted by molar-refractivity contribution is 5.81. The Hall–Kier alpha value is -1.64. The summed E-state index contributed by atoms with van der Waals surface area (Å²) in [5.74, 6) is 0.483. The smallest absolute Gasteiger partial charge is 0.134 e. The van der Waals surface area contributed by atoms with E-state index in [1.807, 2.05) is 6.92 Å². The molecule has 0 aliphatic heterocycles. The Labute approximate surface area is 81.3 Å². The number of hydrogen-bond donors (Lipinski definition) is 0. The largest absolute Gasteiger partial charge is 0.496 e. The van der Waals surface area contributed by atoms with Crippen LogP contribution in [-0.4, -0.2) is 12.1 Å². The van der Waals surface area contributed by atoms with Gasteiger partial charge in [-0.3, -0.25) is 4.98 Å². The van der Waals surface area contributed by atoms with E-state index in [2.05, 4.69) is 4.98 Å². The predicted octanol–water partition coefficient (Wildman–Crippen LogP) is 2.69. The Kier molecular flexibility index (Phi) is 2.08. The van der Waals surface area contributed by atoms with Crippen LogP contribution >= 0.6 is 0 Å². The molecule has 0 aliphatic rings. The number of rotatable bonds is 1. The highest BCUT2D eigenvalue weighted by Gasteiger charge is 2.05. The first-order valence-corrected chi connectivity index (χ1v) is 4.31. The number of ether oxygens (including phenoxy) is 1. The summed E-state index contributed by atoms with van der Waals surface area (Å²) in [6, 6.07) is 4.85. The van der Waals surface area contributed by atoms with E-state index in [9.17, 15) is 4.39 Å². The van der Waals surface area contributed by atoms with Crippen LogP contribution in [0.2, 0.25) is 0 Å². The van der Waals surface area contributed by atoms with Gasteiger partial charge in [0.25, 0.3) is 0 Å². The maximum Gasteiger partial charge on any atom is 0.134 e. The van der Waals surface area contributed by atoms with Crippen LogP contribution in [0.1, 0.15) is 5.56 Å². The van der Waals surface area contributed by atoms with Crippen LogP contribution in [0.5, 0.6) is 5.75 Å². The lowest BCUT2D eigenvalue weighted by Gasteiger charge is -2.06. The van der Waals surface area contributed by atoms with E-state index in [0.717, 1.165) is 11.3 Å². The van der Waals surface area contributed by atoms with Crippen molar-refractivity contribution < 1.29 is 9.13 Å². The van der Waals surface area contributed by atoms with E-state index in [1.54, 1.807) is 19.2 Å². The number of nitrogens with zero attached hydrogens (tertiary/aromatic N) is 1. The van der Waals surface area contributed by atoms with Crippen LogP contribution in [0, 0.1) is 12.7 Å². The van der Waals surface area contributed by atoms with Crippen molar-refractivity contribution in [2.75, 3.05) is 7.11 Å². The number of pyridine rings is 1. The average molecular weight is 191 g/mol. The minimum Gasteiger partial charge on any atom is -0.496 e. The maximum atomic E-state index is 13.3. The summed E-state index contributed by atoms with van der Waals surface area (Å²) < 4.78 is 18.5. The Balaban J connectivity index is 2.79. The molecule has 2 nitrogen and oxygen atoms in total. The molecule has 2 rings (SSSR count). The van der Waals surface area contributed by atoms with Gasteiger partial charge in [0.15, 0.2) is 0 Å². The normalized spacial score (nSPS) is 10.5. The van der Waals surface area contributed by atoms with Crippen molar-refractivity contribution in [2.24, 2.45) is 0 Å². The molecule has 0 saturated heterocycles. The zero-order valence-electron chi connectivity index (χ0n) is 8.04. The standard InChI is InChI=1S/C11H10FNO/c1-7-5-8-9(12)3-4-13-10(8)6-11(7)14-2/h3-6H,1-2H3. The number of aryl methyl sites for hydroxylation is 1. The predicted molar refractivity (Wildman–Crippen MR) is 53.0 cm³/mol. The van der Waals surface area contributed by atoms with Crippen LogP contribution in [-0.2, 0) is 0 Å². The molecule has 1 heterocycles. The number of methoxy groups -OCH3 is 1. The second kappa shape index (κ2) is 3.25. The van der Waals surface area contributed by atoms with Gasteiger partial charge >= 0.3 is 0 Å². The van der Waals surface area contributed by atoms with Gasteiger partial charge in [-0.1, -0.05) is 0 Å². The number of fused-ring (bicyclic) bond motifs is 1. The van der Waals surface area contributed by atoms with Crippen molar-refractivity contribution in [3.8, 4) is 5.75 Å². The lowest BCUT2D eigenvalue weighted by Crippen LogP contribution is -1.90. The van der Waals surface area contributed by atoms with Crippen molar-refractivity contribution in [1.82, 2.24) is 4.98 Å². The summed E-state index contributed by atoms with van der Waals surface area (Å²) in [5.41, 5.74) is 1.53. The second-order valence-electron chi connectivity index (χ2n) is 3.13. The topological polar surface area (TPSA) is 22.1 Å². The van der Waals surface area contributed by atoms with Crippen molar-refractivity contribution in [2.45, 2.75) is 6.92 Å². The van der Waals surface area contributed by atoms with Gasteiger partial charge in [0.1, 0.15) is 11.6 Å². The first kappa shape index (κ1) is 8.94. The molecule has 14 heavy (non-hydrogen) atoms. The molecular formula is C11H10FNO. The summed E-state index contributed by atoms with van der Waals surface area (Å²) in [5, 5.41) is 0.533. The Morgan fingerprint density at radius 3 is 2.86 bits per heavy atom. The van der Waals surface area contributed by atoms with E-state index >= 15 is 0 Å². The third-order valence-corrected chi connectivity index (χ3v) is 2.20. The second-order valence-corrected chi connectivity index (χ2v) is 3.13. The fourth-order valence-electron chi connectivity index (χ4n) is 1.47. The zero-order chi connectivity index (χ0) is 10.1. The molecule has 0 unspecified atom stereocenters. The lowest BCUT2D eigenvalue weighted by molar-refractivity contribution is 0.412. The van der Waals surface area contributed by atoms with Crippen molar-refractivity contribution in [3.05, 3.63) is 35.8 Å². The third-order valence-electron chi connectivity index (χ3n) is 2.20. The molecule has 0 N–H and O–H groups in total. The van der Waals surface area contributed by atoms with Crippen LogP contribution in [0.4, 0.5) is 4.39 Å². The Bertz CT molecular complexity index is 482. The monoisotopic (exact) mass is 191 g/mol. The van der Waals surface area contributed by atoms with E-state index in [4.69, 9.17) is 4.74 Å². The van der Waals surface area contributed by atoms with E-state index in [1.165, 1.54) is 12.3 Å². The Morgan fingerprint density at radius 1 is 1.36 bits per heavy atom. The lowest BCUT2D eigenvalue weighted by atomic mass is 10.1. The fraction of sp³-hybridized carbons (Fsp3) is 0.182. The first-order valence-electron chi connectivity index (χ1n) is 4.31. The summed E-state index contributed by atoms with van der Waals surface area (Å²) in [6.07, 6.45) is 1.45. The number of hydrogen-bond acceptors (Lipinski definition) is 2. The van der Waals surface area contributed by atoms with E-state index in [-0.39, 0.29) is 5.82 Å². The molecule has 0 atom stereocenters. The van der Waals surface area contributed by atoms with Gasteiger partial charge in [0, 0.05) is 17.6 Å². The van der Waals surface area contributed by atoms with Gasteiger partial charge in [-0.15, -0.1) is 0 Å². The van der Waals surface area contributed by atoms with Gasteiger partial charge in [-0.2, -0.15) is 0 Å². The van der Waals surface area contributed by atoms with Crippen molar-refractivity contribution in [1.29, 1.82) is 0 Å². The molecule has 0 bridgehead atoms. The van der Waals surface area contributed by atoms with E-state index in [0.29, 0.717) is 10.9 Å². The van der Waals surface area contributed by atoms with E-state index < -0.39 is 0 Å². The quantitative estimate of drug-likeness (QED) is 0.691. The molecule has 0 fully saturated rings. The molecule has 3 heteroatoms. The number of aromatic nitrogens is 1. The van der Waals surface area contributed by atoms with Crippen LogP contribution in [0.25, 0.3) is 10.9 Å². The third kappa shape index (κ3) is 1.31. The van der Waals surface area contributed by atoms with Gasteiger partial charge in [-0.25, -0.2) is 4.39 Å². The summed E-state index contributed by atoms with van der Waals surface area (Å²) in [7, 11) is 1.59. The number of benzene rings is 1. The zero-order valence-corrected chi connectivity index (χ0v) is 8.04. The molecule has 0 spiro atoms. The summed E-state index contributed by atoms with van der Waals surface area (Å²) >= 11 is 0. The van der Waals surface area contributed by atoms with Gasteiger partial charge < -0.3 is 4.74 Å². The SMILES string of the molecule is COc1cc2nccc(F)c2cc1C. The average Bonchev–Trinajstić information content (AvgIpc) is 2.19. The molecule has 0 saturated carbocycles.